The van der Waals surface area contributed by atoms with Crippen LogP contribution in [0, 0.1) is 0 Å². The minimum atomic E-state index is -0.319. The predicted molar refractivity (Wildman–Crippen MR) is 141 cm³/mol. The largest absolute Gasteiger partial charge is 0.403 e. The van der Waals surface area contributed by atoms with Gasteiger partial charge in [-0.1, -0.05) is 50.5 Å². The lowest BCUT2D eigenvalue weighted by atomic mass is 9.94. The first-order chi connectivity index (χ1) is 17.3. The van der Waals surface area contributed by atoms with Gasteiger partial charge in [-0.3, -0.25) is 9.79 Å². The normalized spacial score (nSPS) is 16.4. The zero-order chi connectivity index (χ0) is 25.7. The summed E-state index contributed by atoms with van der Waals surface area (Å²) in [6, 6.07) is 10.3. The van der Waals surface area contributed by atoms with Crippen molar-refractivity contribution < 1.29 is 9.32 Å². The van der Waals surface area contributed by atoms with Crippen LogP contribution in [-0.2, 0) is 11.8 Å². The highest BCUT2D eigenvalue weighted by Crippen LogP contribution is 2.33. The maximum Gasteiger partial charge on any atom is 0.293 e. The molecule has 0 bridgehead atoms. The molecule has 9 nitrogen and oxygen atoms in total. The fraction of sp³-hybridized carbons (Fsp3) is 0.370. The molecule has 0 saturated carbocycles. The molecule has 3 aromatic rings. The molecule has 2 aromatic heterocycles. The van der Waals surface area contributed by atoms with Crippen LogP contribution in [0.2, 0.25) is 0 Å². The number of hydrogen-bond acceptors (Lipinski definition) is 8. The van der Waals surface area contributed by atoms with Crippen LogP contribution >= 0.6 is 0 Å². The van der Waals surface area contributed by atoms with Gasteiger partial charge in [0.1, 0.15) is 5.82 Å². The third-order valence-electron chi connectivity index (χ3n) is 6.10. The number of nitrogens with one attached hydrogen (secondary N) is 2. The van der Waals surface area contributed by atoms with Gasteiger partial charge in [0.15, 0.2) is 0 Å². The molecule has 4 rings (SSSR count). The Labute approximate surface area is 211 Å². The van der Waals surface area contributed by atoms with Gasteiger partial charge >= 0.3 is 0 Å². The van der Waals surface area contributed by atoms with E-state index < -0.39 is 0 Å². The van der Waals surface area contributed by atoms with E-state index in [9.17, 15) is 4.79 Å². The summed E-state index contributed by atoms with van der Waals surface area (Å²) >= 11 is 0. The summed E-state index contributed by atoms with van der Waals surface area (Å²) in [6.07, 6.45) is 8.75. The van der Waals surface area contributed by atoms with Gasteiger partial charge in [0, 0.05) is 31.1 Å². The van der Waals surface area contributed by atoms with Gasteiger partial charge in [-0.2, -0.15) is 4.98 Å². The van der Waals surface area contributed by atoms with E-state index in [1.165, 1.54) is 11.8 Å². The zero-order valence-electron chi connectivity index (χ0n) is 21.2. The minimum absolute atomic E-state index is 0.0678. The molecular weight excluding hydrogens is 454 g/mol. The third-order valence-corrected chi connectivity index (χ3v) is 6.10. The Bertz CT molecular complexity index is 1290. The van der Waals surface area contributed by atoms with E-state index in [-0.39, 0.29) is 23.2 Å². The summed E-state index contributed by atoms with van der Waals surface area (Å²) in [5, 5.41) is 10.2. The molecule has 2 heterocycles. The molecule has 0 saturated heterocycles. The molecule has 4 N–H and O–H groups in total. The molecule has 1 aliphatic carbocycles. The van der Waals surface area contributed by atoms with Gasteiger partial charge < -0.3 is 20.9 Å². The number of nitrogens with zero attached hydrogens (tertiary/aromatic N) is 4. The number of nitrogens with two attached hydrogens (primary N) is 1. The summed E-state index contributed by atoms with van der Waals surface area (Å²) in [5.41, 5.74) is 10.5. The maximum absolute atomic E-state index is 12.9. The Hall–Kier alpha value is -4.01. The van der Waals surface area contributed by atoms with Crippen molar-refractivity contribution in [1.82, 2.24) is 20.4 Å². The molecule has 1 amide bonds. The standard InChI is InChI=1S/C27H33N7O2/c1-27(2,3)26-33-24(34-36-26)25(35)32-22-8-6-5-7-19-13-17(9-10-21(19)22)18-11-12-30-23(14-18)31-20(15-28)16-29-4/h9-16,22H,5-8,28H2,1-4H3,(H,30,31)(H,32,35)/t22-/m1/s1. The second-order valence-electron chi connectivity index (χ2n) is 9.92. The lowest BCUT2D eigenvalue weighted by Crippen LogP contribution is -2.29. The Balaban J connectivity index is 1.56. The van der Waals surface area contributed by atoms with E-state index in [1.54, 1.807) is 19.5 Å². The van der Waals surface area contributed by atoms with Gasteiger partial charge in [-0.15, -0.1) is 0 Å². The lowest BCUT2D eigenvalue weighted by Gasteiger charge is -2.19. The molecule has 0 spiro atoms. The first-order valence-electron chi connectivity index (χ1n) is 12.1. The van der Waals surface area contributed by atoms with E-state index in [0.717, 1.165) is 42.4 Å². The molecule has 1 atom stereocenters. The average Bonchev–Trinajstić information content (AvgIpc) is 3.29. The van der Waals surface area contributed by atoms with Crippen molar-refractivity contribution in [2.24, 2.45) is 10.7 Å². The van der Waals surface area contributed by atoms with Gasteiger partial charge in [-0.05, 0) is 53.6 Å². The summed E-state index contributed by atoms with van der Waals surface area (Å²) < 4.78 is 5.30. The van der Waals surface area contributed by atoms with Gasteiger partial charge in [-0.25, -0.2) is 4.98 Å². The zero-order valence-corrected chi connectivity index (χ0v) is 21.2. The van der Waals surface area contributed by atoms with Crippen LogP contribution in [0.4, 0.5) is 5.82 Å². The number of allylic oxidation sites excluding steroid dienone is 1. The number of aliphatic imine (C=N–C) groups is 1. The number of carbonyl (C=O) groups is 1. The predicted octanol–water partition coefficient (Wildman–Crippen LogP) is 4.54. The van der Waals surface area contributed by atoms with Crippen LogP contribution < -0.4 is 16.4 Å². The number of carbonyl (C=O) groups excluding carboxylic acids is 1. The molecule has 188 valence electrons. The van der Waals surface area contributed by atoms with Crippen LogP contribution in [-0.4, -0.2) is 34.3 Å². The Morgan fingerprint density at radius 3 is 2.72 bits per heavy atom. The van der Waals surface area contributed by atoms with Crippen LogP contribution in [0.25, 0.3) is 11.1 Å². The summed E-state index contributed by atoms with van der Waals surface area (Å²) in [7, 11) is 1.69. The average molecular weight is 488 g/mol. The number of pyridine rings is 1. The third kappa shape index (κ3) is 5.79. The molecular formula is C27H33N7O2. The van der Waals surface area contributed by atoms with Gasteiger partial charge in [0.25, 0.3) is 11.7 Å². The number of fused-ring (bicyclic) bond motifs is 1. The van der Waals surface area contributed by atoms with E-state index >= 15 is 0 Å². The Morgan fingerprint density at radius 2 is 2.00 bits per heavy atom. The smallest absolute Gasteiger partial charge is 0.293 e. The van der Waals surface area contributed by atoms with E-state index in [0.29, 0.717) is 17.4 Å². The Kier molecular flexibility index (Phi) is 7.47. The van der Waals surface area contributed by atoms with Crippen LogP contribution in [0.15, 0.2) is 57.9 Å². The van der Waals surface area contributed by atoms with Gasteiger partial charge in [0.2, 0.25) is 5.89 Å². The monoisotopic (exact) mass is 487 g/mol. The van der Waals surface area contributed by atoms with Crippen molar-refractivity contribution in [3.8, 4) is 11.1 Å². The molecule has 1 aliphatic rings. The van der Waals surface area contributed by atoms with Crippen molar-refractivity contribution in [3.63, 3.8) is 0 Å². The number of hydrogen-bond donors (Lipinski definition) is 3. The molecule has 1 aromatic carbocycles. The van der Waals surface area contributed by atoms with E-state index in [1.807, 2.05) is 32.9 Å². The summed E-state index contributed by atoms with van der Waals surface area (Å²) in [5.74, 6) is 0.873. The highest BCUT2D eigenvalue weighted by Gasteiger charge is 2.27. The summed E-state index contributed by atoms with van der Waals surface area (Å²) in [6.45, 7) is 5.91. The summed E-state index contributed by atoms with van der Waals surface area (Å²) in [4.78, 5) is 25.6. The fourth-order valence-electron chi connectivity index (χ4n) is 4.24. The number of aryl methyl sites for hydroxylation is 1. The van der Waals surface area contributed by atoms with Gasteiger partial charge in [0.05, 0.1) is 11.7 Å². The SMILES string of the molecule is CN=CC(=CN)Nc1cc(-c2ccc3c(c2)CCCC[C@H]3NC(=O)c2noc(C(C)(C)C)n2)ccn1. The number of rotatable bonds is 6. The Morgan fingerprint density at radius 1 is 1.19 bits per heavy atom. The van der Waals surface area contributed by atoms with Crippen molar-refractivity contribution in [2.75, 3.05) is 12.4 Å². The quantitative estimate of drug-likeness (QED) is 0.344. The first-order valence-corrected chi connectivity index (χ1v) is 12.1. The van der Waals surface area contributed by atoms with Crippen LogP contribution in [0.1, 0.15) is 73.7 Å². The topological polar surface area (TPSA) is 131 Å². The first kappa shape index (κ1) is 25.1. The molecule has 0 aliphatic heterocycles. The number of anilines is 1. The molecule has 0 radical (unpaired) electrons. The molecule has 9 heteroatoms. The van der Waals surface area contributed by atoms with Crippen molar-refractivity contribution in [3.05, 3.63) is 71.3 Å². The number of benzene rings is 1. The van der Waals surface area contributed by atoms with Crippen LogP contribution in [0.5, 0.6) is 0 Å². The van der Waals surface area contributed by atoms with Crippen LogP contribution in [0.3, 0.4) is 0 Å². The second kappa shape index (κ2) is 10.7. The second-order valence-corrected chi connectivity index (χ2v) is 9.92. The highest BCUT2D eigenvalue weighted by atomic mass is 16.5. The maximum atomic E-state index is 12.9. The minimum Gasteiger partial charge on any atom is -0.403 e. The molecule has 36 heavy (non-hydrogen) atoms. The van der Waals surface area contributed by atoms with Crippen molar-refractivity contribution >= 4 is 17.9 Å². The van der Waals surface area contributed by atoms with Crippen molar-refractivity contribution in [1.29, 1.82) is 0 Å². The lowest BCUT2D eigenvalue weighted by molar-refractivity contribution is 0.0921. The fourth-order valence-corrected chi connectivity index (χ4v) is 4.24. The number of amides is 1. The molecule has 0 unspecified atom stereocenters. The highest BCUT2D eigenvalue weighted by molar-refractivity contribution is 5.90. The van der Waals surface area contributed by atoms with E-state index in [2.05, 4.69) is 48.9 Å². The van der Waals surface area contributed by atoms with Crippen molar-refractivity contribution in [2.45, 2.75) is 57.9 Å². The molecule has 0 fully saturated rings. The van der Waals surface area contributed by atoms with E-state index in [4.69, 9.17) is 10.3 Å². The number of aromatic nitrogens is 3.